The number of halogens is 1. The highest BCUT2D eigenvalue weighted by atomic mass is 79.9. The molecule has 0 aliphatic carbocycles. The lowest BCUT2D eigenvalue weighted by Crippen LogP contribution is -1.85. The second kappa shape index (κ2) is 3.71. The molecular weight excluding hydrogens is 190 g/mol. The maximum Gasteiger partial charge on any atom is 0.0378 e. The summed E-state index contributed by atoms with van der Waals surface area (Å²) in [4.78, 5) is 4.23. The van der Waals surface area contributed by atoms with Gasteiger partial charge in [-0.1, -0.05) is 0 Å². The number of nitrogens with zero attached hydrogens (tertiary/aromatic N) is 1. The summed E-state index contributed by atoms with van der Waals surface area (Å²) in [6.45, 7) is 6.11. The molecule has 0 atom stereocenters. The van der Waals surface area contributed by atoms with Gasteiger partial charge in [0.25, 0.3) is 0 Å². The highest BCUT2D eigenvalue weighted by molar-refractivity contribution is 8.93. The van der Waals surface area contributed by atoms with Crippen LogP contribution in [0.3, 0.4) is 0 Å². The lowest BCUT2D eigenvalue weighted by atomic mass is 10.2. The van der Waals surface area contributed by atoms with E-state index in [2.05, 4.69) is 24.0 Å². The van der Waals surface area contributed by atoms with E-state index in [0.29, 0.717) is 0 Å². The van der Waals surface area contributed by atoms with Gasteiger partial charge in [-0.05, 0) is 38.5 Å². The van der Waals surface area contributed by atoms with Gasteiger partial charge in [0, 0.05) is 11.4 Å². The first-order valence-corrected chi connectivity index (χ1v) is 3.10. The van der Waals surface area contributed by atoms with E-state index in [4.69, 9.17) is 0 Å². The lowest BCUT2D eigenvalue weighted by Gasteiger charge is -1.96. The first kappa shape index (κ1) is 9.63. The third kappa shape index (κ3) is 2.48. The van der Waals surface area contributed by atoms with Crippen LogP contribution in [0.2, 0.25) is 0 Å². The molecule has 0 unspecified atom stereocenters. The highest BCUT2D eigenvalue weighted by Crippen LogP contribution is 2.01. The van der Waals surface area contributed by atoms with Crippen molar-refractivity contribution in [3.8, 4) is 0 Å². The van der Waals surface area contributed by atoms with Gasteiger partial charge in [0.05, 0.1) is 0 Å². The summed E-state index contributed by atoms with van der Waals surface area (Å²) >= 11 is 0. The largest absolute Gasteiger partial charge is 0.258 e. The summed E-state index contributed by atoms with van der Waals surface area (Å²) in [5, 5.41) is 0. The third-order valence-electron chi connectivity index (χ3n) is 1.23. The van der Waals surface area contributed by atoms with E-state index >= 15 is 0 Å². The molecule has 0 saturated carbocycles. The number of aromatic nitrogens is 1. The van der Waals surface area contributed by atoms with Crippen molar-refractivity contribution >= 4 is 17.0 Å². The van der Waals surface area contributed by atoms with E-state index in [1.54, 1.807) is 0 Å². The number of rotatable bonds is 0. The topological polar surface area (TPSA) is 12.9 Å². The Balaban J connectivity index is 0.000000810. The molecule has 0 bridgehead atoms. The number of pyridine rings is 1. The van der Waals surface area contributed by atoms with Crippen LogP contribution in [-0.2, 0) is 0 Å². The van der Waals surface area contributed by atoms with Crippen molar-refractivity contribution in [2.24, 2.45) is 0 Å². The van der Waals surface area contributed by atoms with E-state index in [-0.39, 0.29) is 17.0 Å². The molecule has 0 spiro atoms. The minimum Gasteiger partial charge on any atom is -0.258 e. The molecule has 1 rings (SSSR count). The predicted octanol–water partition coefficient (Wildman–Crippen LogP) is 2.58. The van der Waals surface area contributed by atoms with Crippen molar-refractivity contribution in [3.05, 3.63) is 29.1 Å². The van der Waals surface area contributed by atoms with Crippen LogP contribution in [0.25, 0.3) is 0 Å². The molecule has 0 saturated heterocycles. The van der Waals surface area contributed by atoms with Gasteiger partial charge in [-0.2, -0.15) is 0 Å². The van der Waals surface area contributed by atoms with Gasteiger partial charge in [-0.25, -0.2) is 0 Å². The van der Waals surface area contributed by atoms with Crippen LogP contribution < -0.4 is 0 Å². The standard InChI is InChI=1S/C8H11N.BrH/c1-6-4-7(2)9-8(3)5-6;/h4-5H,1-3H3;1H. The van der Waals surface area contributed by atoms with Crippen LogP contribution in [0, 0.1) is 20.8 Å². The molecule has 0 aromatic carbocycles. The van der Waals surface area contributed by atoms with Gasteiger partial charge in [-0.15, -0.1) is 17.0 Å². The Morgan fingerprint density at radius 1 is 1.00 bits per heavy atom. The summed E-state index contributed by atoms with van der Waals surface area (Å²) < 4.78 is 0. The Morgan fingerprint density at radius 3 is 1.70 bits per heavy atom. The smallest absolute Gasteiger partial charge is 0.0378 e. The molecule has 1 aromatic heterocycles. The molecule has 0 aliphatic rings. The molecule has 56 valence electrons. The fourth-order valence-electron chi connectivity index (χ4n) is 1.04. The molecule has 1 heterocycles. The van der Waals surface area contributed by atoms with Gasteiger partial charge < -0.3 is 0 Å². The summed E-state index contributed by atoms with van der Waals surface area (Å²) in [5.41, 5.74) is 3.50. The Kier molecular flexibility index (Phi) is 3.58. The van der Waals surface area contributed by atoms with Crippen molar-refractivity contribution in [2.45, 2.75) is 20.8 Å². The fourth-order valence-corrected chi connectivity index (χ4v) is 1.04. The predicted molar refractivity (Wildman–Crippen MR) is 48.8 cm³/mol. The molecule has 0 fully saturated rings. The van der Waals surface area contributed by atoms with E-state index in [9.17, 15) is 0 Å². The SMILES string of the molecule is Br.Cc1cc(C)nc(C)c1. The zero-order valence-electron chi connectivity index (χ0n) is 6.51. The van der Waals surface area contributed by atoms with Crippen molar-refractivity contribution in [3.63, 3.8) is 0 Å². The van der Waals surface area contributed by atoms with Gasteiger partial charge in [0.1, 0.15) is 0 Å². The second-order valence-corrected chi connectivity index (χ2v) is 2.43. The minimum atomic E-state index is 0. The molecule has 2 heteroatoms. The maximum absolute atomic E-state index is 4.23. The van der Waals surface area contributed by atoms with Crippen LogP contribution in [0.5, 0.6) is 0 Å². The second-order valence-electron chi connectivity index (χ2n) is 2.43. The molecule has 0 amide bonds. The van der Waals surface area contributed by atoms with Gasteiger partial charge in [0.2, 0.25) is 0 Å². The van der Waals surface area contributed by atoms with E-state index in [1.807, 2.05) is 13.8 Å². The zero-order chi connectivity index (χ0) is 6.85. The molecular formula is C8H12BrN. The summed E-state index contributed by atoms with van der Waals surface area (Å²) in [7, 11) is 0. The van der Waals surface area contributed by atoms with Crippen molar-refractivity contribution in [1.29, 1.82) is 0 Å². The first-order valence-electron chi connectivity index (χ1n) is 3.10. The molecule has 1 nitrogen and oxygen atoms in total. The lowest BCUT2D eigenvalue weighted by molar-refractivity contribution is 1.10. The monoisotopic (exact) mass is 201 g/mol. The van der Waals surface area contributed by atoms with Gasteiger partial charge >= 0.3 is 0 Å². The minimum absolute atomic E-state index is 0. The van der Waals surface area contributed by atoms with Crippen LogP contribution in [-0.4, -0.2) is 4.98 Å². The van der Waals surface area contributed by atoms with Crippen LogP contribution in [0.1, 0.15) is 17.0 Å². The summed E-state index contributed by atoms with van der Waals surface area (Å²) in [5.74, 6) is 0. The highest BCUT2D eigenvalue weighted by Gasteiger charge is 1.88. The molecule has 0 N–H and O–H groups in total. The summed E-state index contributed by atoms with van der Waals surface area (Å²) in [6.07, 6.45) is 0. The van der Waals surface area contributed by atoms with Crippen LogP contribution in [0.15, 0.2) is 12.1 Å². The average molecular weight is 202 g/mol. The van der Waals surface area contributed by atoms with Gasteiger partial charge in [0.15, 0.2) is 0 Å². The molecule has 0 aliphatic heterocycles. The Hall–Kier alpha value is -0.370. The van der Waals surface area contributed by atoms with E-state index in [1.165, 1.54) is 5.56 Å². The number of aryl methyl sites for hydroxylation is 3. The van der Waals surface area contributed by atoms with E-state index < -0.39 is 0 Å². The number of hydrogen-bond acceptors (Lipinski definition) is 1. The fraction of sp³-hybridized carbons (Fsp3) is 0.375. The molecule has 0 radical (unpaired) electrons. The van der Waals surface area contributed by atoms with Crippen molar-refractivity contribution in [1.82, 2.24) is 4.98 Å². The van der Waals surface area contributed by atoms with E-state index in [0.717, 1.165) is 11.4 Å². The van der Waals surface area contributed by atoms with Crippen molar-refractivity contribution in [2.75, 3.05) is 0 Å². The quantitative estimate of drug-likeness (QED) is 0.630. The van der Waals surface area contributed by atoms with Gasteiger partial charge in [-0.3, -0.25) is 4.98 Å². The Bertz CT molecular complexity index is 170. The number of hydrogen-bond donors (Lipinski definition) is 0. The Labute approximate surface area is 72.3 Å². The van der Waals surface area contributed by atoms with Crippen LogP contribution >= 0.6 is 17.0 Å². The maximum atomic E-state index is 4.23. The normalized spacial score (nSPS) is 8.70. The molecule has 10 heavy (non-hydrogen) atoms. The Morgan fingerprint density at radius 2 is 1.40 bits per heavy atom. The third-order valence-corrected chi connectivity index (χ3v) is 1.23. The zero-order valence-corrected chi connectivity index (χ0v) is 8.22. The van der Waals surface area contributed by atoms with Crippen LogP contribution in [0.4, 0.5) is 0 Å². The van der Waals surface area contributed by atoms with Crippen molar-refractivity contribution < 1.29 is 0 Å². The molecule has 1 aromatic rings. The average Bonchev–Trinajstić information content (AvgIpc) is 1.59. The first-order chi connectivity index (χ1) is 4.18. The summed E-state index contributed by atoms with van der Waals surface area (Å²) in [6, 6.07) is 4.15.